The maximum Gasteiger partial charge on any atom is 0.319 e. The molecule has 2 N–H and O–H groups in total. The summed E-state index contributed by atoms with van der Waals surface area (Å²) in [7, 11) is -0.919. The van der Waals surface area contributed by atoms with Gasteiger partial charge in [0.25, 0.3) is 0 Å². The van der Waals surface area contributed by atoms with Gasteiger partial charge in [0.05, 0.1) is 6.54 Å². The lowest BCUT2D eigenvalue weighted by Gasteiger charge is -2.13. The van der Waals surface area contributed by atoms with Gasteiger partial charge >= 0.3 is 6.03 Å². The van der Waals surface area contributed by atoms with E-state index in [4.69, 9.17) is 4.74 Å². The second-order valence-electron chi connectivity index (χ2n) is 5.85. The van der Waals surface area contributed by atoms with Gasteiger partial charge in [-0.15, -0.1) is 0 Å². The van der Waals surface area contributed by atoms with Crippen LogP contribution in [0.25, 0.3) is 0 Å². The molecule has 0 heterocycles. The third-order valence-corrected chi connectivity index (χ3v) is 4.42. The van der Waals surface area contributed by atoms with Crippen molar-refractivity contribution in [2.75, 3.05) is 24.7 Å². The van der Waals surface area contributed by atoms with Crippen molar-refractivity contribution < 1.29 is 13.7 Å². The number of hydrogen-bond donors (Lipinski definition) is 2. The summed E-state index contributed by atoms with van der Waals surface area (Å²) in [6.45, 7) is 4.71. The first-order valence-electron chi connectivity index (χ1n) is 8.08. The van der Waals surface area contributed by atoms with Gasteiger partial charge in [0, 0.05) is 28.5 Å². The second kappa shape index (κ2) is 9.22. The fourth-order valence-electron chi connectivity index (χ4n) is 2.40. The lowest BCUT2D eigenvalue weighted by atomic mass is 10.1. The molecule has 0 bridgehead atoms. The first-order valence-corrected chi connectivity index (χ1v) is 9.81. The molecule has 0 aliphatic heterocycles. The zero-order valence-electron chi connectivity index (χ0n) is 14.8. The van der Waals surface area contributed by atoms with E-state index in [0.29, 0.717) is 18.9 Å². The summed E-state index contributed by atoms with van der Waals surface area (Å²) < 4.78 is 17.0. The van der Waals surface area contributed by atoms with E-state index in [1.165, 1.54) is 0 Å². The number of anilines is 1. The van der Waals surface area contributed by atoms with E-state index >= 15 is 0 Å². The Hall–Kier alpha value is -2.34. The van der Waals surface area contributed by atoms with Crippen molar-refractivity contribution in [3.8, 4) is 5.75 Å². The van der Waals surface area contributed by atoms with E-state index in [1.807, 2.05) is 56.3 Å². The quantitative estimate of drug-likeness (QED) is 0.744. The molecular formula is C19H24N2O3S. The van der Waals surface area contributed by atoms with E-state index in [-0.39, 0.29) is 6.03 Å². The normalized spacial score (nSPS) is 11.6. The minimum absolute atomic E-state index is 0.286. The molecule has 2 aromatic rings. The summed E-state index contributed by atoms with van der Waals surface area (Å²) in [6, 6.07) is 13.1. The molecule has 0 aromatic heterocycles. The van der Waals surface area contributed by atoms with Crippen LogP contribution in [0.5, 0.6) is 5.75 Å². The van der Waals surface area contributed by atoms with Crippen LogP contribution in [-0.2, 0) is 16.6 Å². The third kappa shape index (κ3) is 6.23. The van der Waals surface area contributed by atoms with Crippen LogP contribution in [0.15, 0.2) is 42.5 Å². The van der Waals surface area contributed by atoms with Crippen molar-refractivity contribution in [2.45, 2.75) is 19.6 Å². The average Bonchev–Trinajstić information content (AvgIpc) is 2.55. The molecule has 0 spiro atoms. The predicted octanol–water partition coefficient (Wildman–Crippen LogP) is 3.38. The number of carbonyl (C=O) groups is 1. The van der Waals surface area contributed by atoms with Crippen LogP contribution >= 0.6 is 0 Å². The molecule has 0 saturated carbocycles. The second-order valence-corrected chi connectivity index (χ2v) is 7.29. The molecular weight excluding hydrogens is 336 g/mol. The molecule has 0 aliphatic rings. The minimum Gasteiger partial charge on any atom is -0.492 e. The molecule has 134 valence electrons. The summed E-state index contributed by atoms with van der Waals surface area (Å²) in [5.74, 6) is 1.27. The number of hydrogen-bond acceptors (Lipinski definition) is 3. The molecule has 0 aliphatic carbocycles. The third-order valence-electron chi connectivity index (χ3n) is 3.70. The van der Waals surface area contributed by atoms with Crippen LogP contribution in [0.4, 0.5) is 10.5 Å². The molecule has 2 rings (SSSR count). The Balaban J connectivity index is 1.81. The lowest BCUT2D eigenvalue weighted by molar-refractivity contribution is 0.247. The van der Waals surface area contributed by atoms with Gasteiger partial charge < -0.3 is 15.4 Å². The molecule has 25 heavy (non-hydrogen) atoms. The summed E-state index contributed by atoms with van der Waals surface area (Å²) in [5.41, 5.74) is 3.76. The van der Waals surface area contributed by atoms with Crippen LogP contribution in [0, 0.1) is 13.8 Å². The van der Waals surface area contributed by atoms with Crippen molar-refractivity contribution >= 4 is 22.5 Å². The van der Waals surface area contributed by atoms with E-state index in [1.54, 1.807) is 6.26 Å². The zero-order valence-corrected chi connectivity index (χ0v) is 15.6. The summed E-state index contributed by atoms with van der Waals surface area (Å²) in [4.78, 5) is 12.0. The number of nitrogens with one attached hydrogen (secondary N) is 2. The molecule has 6 heteroatoms. The largest absolute Gasteiger partial charge is 0.492 e. The Morgan fingerprint density at radius 3 is 2.64 bits per heavy atom. The number of rotatable bonds is 7. The number of benzene rings is 2. The van der Waals surface area contributed by atoms with Gasteiger partial charge in [-0.3, -0.25) is 4.21 Å². The number of carbonyl (C=O) groups excluding carboxylic acids is 1. The predicted molar refractivity (Wildman–Crippen MR) is 103 cm³/mol. The number of amides is 2. The van der Waals surface area contributed by atoms with Crippen LogP contribution < -0.4 is 15.4 Å². The monoisotopic (exact) mass is 360 g/mol. The maximum atomic E-state index is 12.0. The van der Waals surface area contributed by atoms with Crippen molar-refractivity contribution in [3.05, 3.63) is 59.2 Å². The fourth-order valence-corrected chi connectivity index (χ4v) is 3.15. The highest BCUT2D eigenvalue weighted by Crippen LogP contribution is 2.20. The SMILES string of the molecule is Cc1cccc(OCCNC(=O)Nc2cccc(C[S@](C)=O)c2C)c1. The smallest absolute Gasteiger partial charge is 0.319 e. The molecule has 0 radical (unpaired) electrons. The summed E-state index contributed by atoms with van der Waals surface area (Å²) in [5, 5.41) is 5.60. The van der Waals surface area contributed by atoms with Gasteiger partial charge in [0.1, 0.15) is 12.4 Å². The zero-order chi connectivity index (χ0) is 18.2. The fraction of sp³-hybridized carbons (Fsp3) is 0.316. The molecule has 0 saturated heterocycles. The molecule has 5 nitrogen and oxygen atoms in total. The van der Waals surface area contributed by atoms with E-state index < -0.39 is 10.8 Å². The van der Waals surface area contributed by atoms with Crippen molar-refractivity contribution in [3.63, 3.8) is 0 Å². The van der Waals surface area contributed by atoms with E-state index in [9.17, 15) is 9.00 Å². The highest BCUT2D eigenvalue weighted by molar-refractivity contribution is 7.83. The van der Waals surface area contributed by atoms with Crippen molar-refractivity contribution in [1.29, 1.82) is 0 Å². The number of ether oxygens (including phenoxy) is 1. The standard InChI is InChI=1S/C19H24N2O3S/c1-14-6-4-8-17(12-14)24-11-10-20-19(22)21-18-9-5-7-16(15(18)2)13-25(3)23/h4-9,12H,10-11,13H2,1-3H3,(H2,20,21,22)/t25-/m0/s1. The first kappa shape index (κ1) is 19.0. The summed E-state index contributed by atoms with van der Waals surface area (Å²) in [6.07, 6.45) is 1.67. The Bertz CT molecular complexity index is 762. The minimum atomic E-state index is -0.919. The summed E-state index contributed by atoms with van der Waals surface area (Å²) >= 11 is 0. The average molecular weight is 360 g/mol. The molecule has 0 fully saturated rings. The van der Waals surface area contributed by atoms with Gasteiger partial charge in [-0.05, 0) is 48.7 Å². The van der Waals surface area contributed by atoms with Gasteiger partial charge in [0.2, 0.25) is 0 Å². The Morgan fingerprint density at radius 1 is 1.16 bits per heavy atom. The van der Waals surface area contributed by atoms with Gasteiger partial charge in [-0.25, -0.2) is 4.79 Å². The van der Waals surface area contributed by atoms with Gasteiger partial charge in [-0.2, -0.15) is 0 Å². The number of urea groups is 1. The molecule has 0 unspecified atom stereocenters. The number of aryl methyl sites for hydroxylation is 1. The molecule has 1 atom stereocenters. The van der Waals surface area contributed by atoms with Crippen LogP contribution in [0.3, 0.4) is 0 Å². The lowest BCUT2D eigenvalue weighted by Crippen LogP contribution is -2.32. The molecule has 2 amide bonds. The highest BCUT2D eigenvalue weighted by atomic mass is 32.2. The van der Waals surface area contributed by atoms with Gasteiger partial charge in [-0.1, -0.05) is 24.3 Å². The molecule has 2 aromatic carbocycles. The maximum absolute atomic E-state index is 12.0. The highest BCUT2D eigenvalue weighted by Gasteiger charge is 2.08. The van der Waals surface area contributed by atoms with Crippen molar-refractivity contribution in [1.82, 2.24) is 5.32 Å². The van der Waals surface area contributed by atoms with E-state index in [2.05, 4.69) is 10.6 Å². The Morgan fingerprint density at radius 2 is 1.92 bits per heavy atom. The van der Waals surface area contributed by atoms with E-state index in [0.717, 1.165) is 28.1 Å². The van der Waals surface area contributed by atoms with Crippen molar-refractivity contribution in [2.24, 2.45) is 0 Å². The van der Waals surface area contributed by atoms with Gasteiger partial charge in [0.15, 0.2) is 0 Å². The topological polar surface area (TPSA) is 67.4 Å². The van der Waals surface area contributed by atoms with Crippen LogP contribution in [0.1, 0.15) is 16.7 Å². The van der Waals surface area contributed by atoms with Crippen LogP contribution in [-0.4, -0.2) is 29.6 Å². The van der Waals surface area contributed by atoms with Crippen LogP contribution in [0.2, 0.25) is 0 Å². The first-order chi connectivity index (χ1) is 12.0. The Kier molecular flexibility index (Phi) is 7.01. The Labute approximate surface area is 151 Å².